The van der Waals surface area contributed by atoms with Crippen molar-refractivity contribution in [2.75, 3.05) is 32.5 Å². The van der Waals surface area contributed by atoms with Crippen molar-refractivity contribution >= 4 is 35.2 Å². The van der Waals surface area contributed by atoms with E-state index in [4.69, 9.17) is 16.3 Å². The molecule has 2 atom stereocenters. The van der Waals surface area contributed by atoms with Crippen molar-refractivity contribution in [2.45, 2.75) is 18.2 Å². The number of ether oxygens (including phenoxy) is 1. The summed E-state index contributed by atoms with van der Waals surface area (Å²) in [6.45, 7) is 3.53. The normalized spacial score (nSPS) is 19.3. The number of carbonyl (C=O) groups excluding carboxylic acids is 2. The van der Waals surface area contributed by atoms with Crippen LogP contribution in [0.2, 0.25) is 5.02 Å². The molecule has 1 aromatic carbocycles. The summed E-state index contributed by atoms with van der Waals surface area (Å²) in [7, 11) is 1.38. The number of methoxy groups -OCH3 is 1. The topological polar surface area (TPSA) is 63.2 Å². The van der Waals surface area contributed by atoms with Gasteiger partial charge in [0.2, 0.25) is 0 Å². The van der Waals surface area contributed by atoms with Gasteiger partial charge in [-0.05, 0) is 19.1 Å². The van der Waals surface area contributed by atoms with Gasteiger partial charge in [0.15, 0.2) is 6.54 Å². The molecule has 0 radical (unpaired) electrons. The van der Waals surface area contributed by atoms with Gasteiger partial charge in [-0.1, -0.05) is 23.7 Å². The fraction of sp³-hybridized carbons (Fsp3) is 0.500. The Labute approximate surface area is 145 Å². The quantitative estimate of drug-likeness (QED) is 0.801. The third-order valence-electron chi connectivity index (χ3n) is 3.93. The number of thioether (sulfide) groups is 1. The summed E-state index contributed by atoms with van der Waals surface area (Å²) < 4.78 is 4.77. The number of hydrogen-bond donors (Lipinski definition) is 1. The molecule has 1 aromatic rings. The maximum Gasteiger partial charge on any atom is 0.320 e. The molecule has 1 aliphatic heterocycles. The Balaban J connectivity index is 1.84. The first kappa shape index (κ1) is 18.1. The Morgan fingerprint density at radius 1 is 1.43 bits per heavy atom. The van der Waals surface area contributed by atoms with Gasteiger partial charge in [-0.25, -0.2) is 0 Å². The Bertz CT molecular complexity index is 553. The van der Waals surface area contributed by atoms with Crippen molar-refractivity contribution in [2.24, 2.45) is 0 Å². The molecule has 0 saturated carbocycles. The Hall–Kier alpha value is -1.24. The van der Waals surface area contributed by atoms with Gasteiger partial charge in [0.25, 0.3) is 5.91 Å². The van der Waals surface area contributed by atoms with E-state index in [1.807, 2.05) is 29.6 Å². The number of benzene rings is 1. The number of amides is 1. The van der Waals surface area contributed by atoms with Gasteiger partial charge in [-0.15, -0.1) is 11.8 Å². The van der Waals surface area contributed by atoms with Crippen LogP contribution < -0.4 is 5.32 Å². The van der Waals surface area contributed by atoms with Crippen molar-refractivity contribution in [1.29, 1.82) is 0 Å². The molecule has 0 aliphatic carbocycles. The Kier molecular flexibility index (Phi) is 6.74. The molecule has 1 fully saturated rings. The van der Waals surface area contributed by atoms with Crippen LogP contribution in [-0.2, 0) is 14.3 Å². The van der Waals surface area contributed by atoms with Crippen molar-refractivity contribution in [3.8, 4) is 0 Å². The average molecular weight is 358 g/mol. The minimum Gasteiger partial charge on any atom is -0.468 e. The van der Waals surface area contributed by atoms with Crippen molar-refractivity contribution in [3.05, 3.63) is 34.9 Å². The molecule has 0 aromatic heterocycles. The summed E-state index contributed by atoms with van der Waals surface area (Å²) in [6.07, 6.45) is 0. The van der Waals surface area contributed by atoms with E-state index in [-0.39, 0.29) is 23.2 Å². The first-order valence-corrected chi connectivity index (χ1v) is 9.00. The predicted molar refractivity (Wildman–Crippen MR) is 91.5 cm³/mol. The summed E-state index contributed by atoms with van der Waals surface area (Å²) in [4.78, 5) is 25.7. The van der Waals surface area contributed by atoms with Crippen LogP contribution >= 0.6 is 23.4 Å². The van der Waals surface area contributed by atoms with E-state index >= 15 is 0 Å². The van der Waals surface area contributed by atoms with E-state index in [9.17, 15) is 9.59 Å². The summed E-state index contributed by atoms with van der Waals surface area (Å²) in [6, 6.07) is 7.82. The number of hydrogen-bond acceptors (Lipinski definition) is 4. The molecule has 2 rings (SSSR count). The molecule has 1 saturated heterocycles. The third-order valence-corrected chi connectivity index (χ3v) is 5.34. The molecule has 0 spiro atoms. The van der Waals surface area contributed by atoms with Crippen LogP contribution in [0, 0.1) is 0 Å². The predicted octanol–water partition coefficient (Wildman–Crippen LogP) is 1.08. The number of nitrogens with zero attached hydrogens (tertiary/aromatic N) is 1. The summed E-state index contributed by atoms with van der Waals surface area (Å²) in [5, 5.41) is 2.43. The maximum absolute atomic E-state index is 12.4. The van der Waals surface area contributed by atoms with Gasteiger partial charge in [0.05, 0.1) is 7.11 Å². The number of esters is 1. The second-order valence-corrected chi connectivity index (χ2v) is 7.25. The van der Waals surface area contributed by atoms with E-state index in [0.717, 1.165) is 11.3 Å². The van der Waals surface area contributed by atoms with E-state index in [1.54, 1.807) is 16.7 Å². The third kappa shape index (κ3) is 5.12. The molecule has 0 bridgehead atoms. The fourth-order valence-corrected chi connectivity index (χ4v) is 3.71. The molecule has 0 unspecified atom stereocenters. The molecular formula is C16H22ClN2O3S+. The maximum atomic E-state index is 12.4. The average Bonchev–Trinajstić information content (AvgIpc) is 2.59. The van der Waals surface area contributed by atoms with Gasteiger partial charge in [-0.3, -0.25) is 9.59 Å². The summed E-state index contributed by atoms with van der Waals surface area (Å²) in [5.74, 6) is 0.559. The molecule has 5 nitrogen and oxygen atoms in total. The van der Waals surface area contributed by atoms with Crippen LogP contribution in [0.4, 0.5) is 0 Å². The van der Waals surface area contributed by atoms with Crippen LogP contribution in [0.5, 0.6) is 0 Å². The van der Waals surface area contributed by atoms with Gasteiger partial charge < -0.3 is 15.0 Å². The lowest BCUT2D eigenvalue weighted by atomic mass is 10.1. The molecule has 1 amide bonds. The lowest BCUT2D eigenvalue weighted by Crippen LogP contribution is -2.87. The van der Waals surface area contributed by atoms with E-state index in [0.29, 0.717) is 24.7 Å². The van der Waals surface area contributed by atoms with Crippen LogP contribution in [-0.4, -0.2) is 54.5 Å². The molecule has 7 heteroatoms. The van der Waals surface area contributed by atoms with Crippen molar-refractivity contribution in [3.63, 3.8) is 0 Å². The van der Waals surface area contributed by atoms with Gasteiger partial charge in [0, 0.05) is 29.4 Å². The van der Waals surface area contributed by atoms with E-state index < -0.39 is 0 Å². The molecule has 2 N–H and O–H groups in total. The van der Waals surface area contributed by atoms with Crippen LogP contribution in [0.15, 0.2) is 24.3 Å². The summed E-state index contributed by atoms with van der Waals surface area (Å²) >= 11 is 7.43. The van der Waals surface area contributed by atoms with Crippen LogP contribution in [0.1, 0.15) is 18.5 Å². The lowest BCUT2D eigenvalue weighted by molar-refractivity contribution is -0.683. The smallest absolute Gasteiger partial charge is 0.320 e. The first-order chi connectivity index (χ1) is 11.0. The highest BCUT2D eigenvalue weighted by Gasteiger charge is 2.30. The lowest BCUT2D eigenvalue weighted by Gasteiger charge is -2.30. The van der Waals surface area contributed by atoms with Gasteiger partial charge in [-0.2, -0.15) is 0 Å². The standard InChI is InChI=1S/C16H21ClN2O3S/c1-11(12-3-5-13(17)6-4-12)18-9-15(20)19-7-8-23-14(10-19)16(21)22-2/h3-6,11,14,18H,7-10H2,1-2H3/p+1/t11-,14-/m1/s1. The number of quaternary nitrogens is 1. The first-order valence-electron chi connectivity index (χ1n) is 7.57. The molecule has 1 heterocycles. The van der Waals surface area contributed by atoms with Gasteiger partial charge >= 0.3 is 5.97 Å². The van der Waals surface area contributed by atoms with E-state index in [1.165, 1.54) is 7.11 Å². The Morgan fingerprint density at radius 2 is 2.13 bits per heavy atom. The van der Waals surface area contributed by atoms with Crippen LogP contribution in [0.3, 0.4) is 0 Å². The summed E-state index contributed by atoms with van der Waals surface area (Å²) in [5.41, 5.74) is 1.13. The number of nitrogens with two attached hydrogens (primary N) is 1. The highest BCUT2D eigenvalue weighted by atomic mass is 35.5. The zero-order valence-corrected chi connectivity index (χ0v) is 14.9. The minimum atomic E-state index is -0.272. The van der Waals surface area contributed by atoms with Gasteiger partial charge in [0.1, 0.15) is 11.3 Å². The number of halogens is 1. The van der Waals surface area contributed by atoms with E-state index in [2.05, 4.69) is 6.92 Å². The highest BCUT2D eigenvalue weighted by Crippen LogP contribution is 2.19. The number of rotatable bonds is 5. The Morgan fingerprint density at radius 3 is 2.78 bits per heavy atom. The largest absolute Gasteiger partial charge is 0.468 e. The monoisotopic (exact) mass is 357 g/mol. The molecular weight excluding hydrogens is 336 g/mol. The second-order valence-electron chi connectivity index (χ2n) is 5.50. The minimum absolute atomic E-state index is 0.0556. The molecule has 126 valence electrons. The molecule has 23 heavy (non-hydrogen) atoms. The second kappa shape index (κ2) is 8.57. The molecule has 1 aliphatic rings. The fourth-order valence-electron chi connectivity index (χ4n) is 2.46. The SMILES string of the molecule is COC(=O)[C@H]1CN(C(=O)C[NH2+][C@H](C)c2ccc(Cl)cc2)CCS1. The van der Waals surface area contributed by atoms with Crippen molar-refractivity contribution < 1.29 is 19.6 Å². The number of carbonyl (C=O) groups is 2. The zero-order chi connectivity index (χ0) is 16.8. The van der Waals surface area contributed by atoms with Crippen molar-refractivity contribution in [1.82, 2.24) is 4.90 Å². The zero-order valence-electron chi connectivity index (χ0n) is 13.3. The van der Waals surface area contributed by atoms with Crippen LogP contribution in [0.25, 0.3) is 0 Å². The highest BCUT2D eigenvalue weighted by molar-refractivity contribution is 8.00.